The number of carboxylic acid groups (broad SMARTS) is 1. The molecule has 1 rings (SSSR count). The normalized spacial score (nSPS) is 10.2. The molecule has 0 amide bonds. The number of carbonyl (C=O) groups is 2. The van der Waals surface area contributed by atoms with Gasteiger partial charge >= 0.3 is 11.9 Å². The summed E-state index contributed by atoms with van der Waals surface area (Å²) in [6, 6.07) is 3.33. The second kappa shape index (κ2) is 6.26. The number of aromatic nitrogens is 1. The molecule has 0 aliphatic heterocycles. The molecule has 0 saturated heterocycles. The first-order chi connectivity index (χ1) is 8.11. The molecule has 0 atom stereocenters. The van der Waals surface area contributed by atoms with Gasteiger partial charge in [-0.25, -0.2) is 9.78 Å². The highest BCUT2D eigenvalue weighted by molar-refractivity contribution is 5.85. The van der Waals surface area contributed by atoms with Crippen LogP contribution in [0.3, 0.4) is 0 Å². The van der Waals surface area contributed by atoms with Crippen LogP contribution in [0.1, 0.15) is 5.56 Å². The van der Waals surface area contributed by atoms with Crippen molar-refractivity contribution >= 4 is 23.8 Å². The van der Waals surface area contributed by atoms with Crippen molar-refractivity contribution in [2.75, 3.05) is 19.0 Å². The molecule has 0 aliphatic carbocycles. The van der Waals surface area contributed by atoms with E-state index in [-0.39, 0.29) is 12.5 Å². The van der Waals surface area contributed by atoms with Gasteiger partial charge in [0, 0.05) is 12.3 Å². The van der Waals surface area contributed by atoms with Crippen molar-refractivity contribution < 1.29 is 19.4 Å². The Bertz CT molecular complexity index is 426. The fourth-order valence-electron chi connectivity index (χ4n) is 1.01. The summed E-state index contributed by atoms with van der Waals surface area (Å²) in [5.74, 6) is -0.887. The summed E-state index contributed by atoms with van der Waals surface area (Å²) >= 11 is 0. The molecule has 0 aromatic carbocycles. The summed E-state index contributed by atoms with van der Waals surface area (Å²) in [6.07, 6.45) is 3.96. The lowest BCUT2D eigenvalue weighted by Gasteiger charge is -2.03. The van der Waals surface area contributed by atoms with E-state index < -0.39 is 5.97 Å². The van der Waals surface area contributed by atoms with Gasteiger partial charge in [0.15, 0.2) is 0 Å². The molecule has 6 nitrogen and oxygen atoms in total. The Hall–Kier alpha value is -2.37. The van der Waals surface area contributed by atoms with Gasteiger partial charge < -0.3 is 15.2 Å². The monoisotopic (exact) mass is 236 g/mol. The number of carbonyl (C=O) groups excluding carboxylic acids is 1. The van der Waals surface area contributed by atoms with Gasteiger partial charge in [0.05, 0.1) is 7.11 Å². The van der Waals surface area contributed by atoms with Crippen molar-refractivity contribution in [2.24, 2.45) is 0 Å². The average molecular weight is 236 g/mol. The van der Waals surface area contributed by atoms with Crippen LogP contribution >= 0.6 is 0 Å². The van der Waals surface area contributed by atoms with Gasteiger partial charge in [0.1, 0.15) is 12.4 Å². The Morgan fingerprint density at radius 2 is 2.29 bits per heavy atom. The number of pyridine rings is 1. The van der Waals surface area contributed by atoms with Gasteiger partial charge in [0.2, 0.25) is 0 Å². The van der Waals surface area contributed by atoms with E-state index in [4.69, 9.17) is 5.11 Å². The maximum Gasteiger partial charge on any atom is 0.328 e. The van der Waals surface area contributed by atoms with Crippen LogP contribution < -0.4 is 5.32 Å². The van der Waals surface area contributed by atoms with E-state index in [9.17, 15) is 9.59 Å². The second-order valence-corrected chi connectivity index (χ2v) is 3.08. The van der Waals surface area contributed by atoms with Gasteiger partial charge in [-0.3, -0.25) is 4.79 Å². The van der Waals surface area contributed by atoms with Crippen molar-refractivity contribution in [1.82, 2.24) is 4.98 Å². The summed E-state index contributed by atoms with van der Waals surface area (Å²) in [5.41, 5.74) is 0.663. The van der Waals surface area contributed by atoms with Crippen LogP contribution in [-0.4, -0.2) is 35.7 Å². The molecule has 1 aromatic rings. The summed E-state index contributed by atoms with van der Waals surface area (Å²) < 4.78 is 4.45. The van der Waals surface area contributed by atoms with E-state index in [0.717, 1.165) is 6.08 Å². The van der Waals surface area contributed by atoms with Crippen LogP contribution in [0.15, 0.2) is 24.4 Å². The van der Waals surface area contributed by atoms with E-state index in [1.165, 1.54) is 19.4 Å². The average Bonchev–Trinajstić information content (AvgIpc) is 2.34. The maximum absolute atomic E-state index is 10.8. The number of hydrogen-bond acceptors (Lipinski definition) is 5. The molecular weight excluding hydrogens is 224 g/mol. The third-order valence-corrected chi connectivity index (χ3v) is 1.85. The Balaban J connectivity index is 2.56. The van der Waals surface area contributed by atoms with E-state index in [2.05, 4.69) is 15.0 Å². The van der Waals surface area contributed by atoms with Crippen molar-refractivity contribution in [3.8, 4) is 0 Å². The molecular formula is C11H12N2O4. The number of anilines is 1. The minimum Gasteiger partial charge on any atom is -0.478 e. The molecule has 1 aromatic heterocycles. The highest BCUT2D eigenvalue weighted by Gasteiger charge is 2.00. The lowest BCUT2D eigenvalue weighted by molar-refractivity contribution is -0.138. The predicted octanol–water partition coefficient (Wildman–Crippen LogP) is 0.764. The first-order valence-corrected chi connectivity index (χ1v) is 4.79. The number of carboxylic acids is 1. The Kier molecular flexibility index (Phi) is 4.68. The molecule has 0 spiro atoms. The van der Waals surface area contributed by atoms with Crippen LogP contribution in [0.4, 0.5) is 5.82 Å². The molecule has 0 fully saturated rings. The summed E-state index contributed by atoms with van der Waals surface area (Å²) in [6.45, 7) is 0.0355. The largest absolute Gasteiger partial charge is 0.478 e. The number of rotatable bonds is 5. The van der Waals surface area contributed by atoms with E-state index in [0.29, 0.717) is 11.4 Å². The van der Waals surface area contributed by atoms with Gasteiger partial charge in [0.25, 0.3) is 0 Å². The Morgan fingerprint density at radius 1 is 1.53 bits per heavy atom. The number of methoxy groups -OCH3 is 1. The minimum absolute atomic E-state index is 0.0355. The highest BCUT2D eigenvalue weighted by Crippen LogP contribution is 2.06. The van der Waals surface area contributed by atoms with Crippen LogP contribution in [0, 0.1) is 0 Å². The number of nitrogens with zero attached hydrogens (tertiary/aromatic N) is 1. The maximum atomic E-state index is 10.8. The second-order valence-electron chi connectivity index (χ2n) is 3.08. The van der Waals surface area contributed by atoms with Crippen LogP contribution in [0.2, 0.25) is 0 Å². The molecule has 2 N–H and O–H groups in total. The summed E-state index contributed by atoms with van der Waals surface area (Å²) in [4.78, 5) is 25.1. The molecule has 0 unspecified atom stereocenters. The molecule has 90 valence electrons. The van der Waals surface area contributed by atoms with E-state index in [1.54, 1.807) is 12.1 Å². The molecule has 17 heavy (non-hydrogen) atoms. The third-order valence-electron chi connectivity index (χ3n) is 1.85. The third kappa shape index (κ3) is 4.78. The van der Waals surface area contributed by atoms with Crippen molar-refractivity contribution in [3.05, 3.63) is 30.0 Å². The van der Waals surface area contributed by atoms with E-state index >= 15 is 0 Å². The highest BCUT2D eigenvalue weighted by atomic mass is 16.5. The molecule has 6 heteroatoms. The number of nitrogens with one attached hydrogen (secondary N) is 1. The van der Waals surface area contributed by atoms with Crippen LogP contribution in [0.5, 0.6) is 0 Å². The van der Waals surface area contributed by atoms with Crippen LogP contribution in [0.25, 0.3) is 6.08 Å². The van der Waals surface area contributed by atoms with Gasteiger partial charge in [-0.15, -0.1) is 0 Å². The fourth-order valence-corrected chi connectivity index (χ4v) is 1.01. The summed E-state index contributed by atoms with van der Waals surface area (Å²) in [7, 11) is 1.30. The van der Waals surface area contributed by atoms with Gasteiger partial charge in [-0.05, 0) is 23.8 Å². The zero-order valence-electron chi connectivity index (χ0n) is 9.21. The number of aliphatic carboxylic acids is 1. The first kappa shape index (κ1) is 12.7. The lowest BCUT2D eigenvalue weighted by Crippen LogP contribution is -2.15. The first-order valence-electron chi connectivity index (χ1n) is 4.79. The van der Waals surface area contributed by atoms with E-state index in [1.807, 2.05) is 0 Å². The SMILES string of the molecule is COC(=O)CNc1ccc(/C=C/C(=O)O)cn1. The predicted molar refractivity (Wildman–Crippen MR) is 61.4 cm³/mol. The quantitative estimate of drug-likeness (QED) is 0.579. The Labute approximate surface area is 97.9 Å². The molecule has 1 heterocycles. The Morgan fingerprint density at radius 3 is 2.82 bits per heavy atom. The molecule has 0 bridgehead atoms. The van der Waals surface area contributed by atoms with Gasteiger partial charge in [-0.1, -0.05) is 0 Å². The summed E-state index contributed by atoms with van der Waals surface area (Å²) in [5, 5.41) is 11.2. The standard InChI is InChI=1S/C11H12N2O4/c1-17-11(16)7-13-9-4-2-8(6-12-9)3-5-10(14)15/h2-6H,7H2,1H3,(H,12,13)(H,14,15)/b5-3+. The van der Waals surface area contributed by atoms with Gasteiger partial charge in [-0.2, -0.15) is 0 Å². The zero-order chi connectivity index (χ0) is 12.7. The van der Waals surface area contributed by atoms with Crippen molar-refractivity contribution in [3.63, 3.8) is 0 Å². The molecule has 0 saturated carbocycles. The minimum atomic E-state index is -1.02. The zero-order valence-corrected chi connectivity index (χ0v) is 9.21. The number of esters is 1. The lowest BCUT2D eigenvalue weighted by atomic mass is 10.2. The molecule has 0 radical (unpaired) electrons. The topological polar surface area (TPSA) is 88.5 Å². The van der Waals surface area contributed by atoms with Crippen LogP contribution in [-0.2, 0) is 14.3 Å². The molecule has 0 aliphatic rings. The number of ether oxygens (including phenoxy) is 1. The smallest absolute Gasteiger partial charge is 0.328 e. The van der Waals surface area contributed by atoms with Crippen molar-refractivity contribution in [2.45, 2.75) is 0 Å². The van der Waals surface area contributed by atoms with Crippen molar-refractivity contribution in [1.29, 1.82) is 0 Å². The fraction of sp³-hybridized carbons (Fsp3) is 0.182. The number of hydrogen-bond donors (Lipinski definition) is 2.